The number of benzene rings is 2. The topological polar surface area (TPSA) is 138 Å². The van der Waals surface area contributed by atoms with Crippen LogP contribution in [0.15, 0.2) is 67.5 Å². The maximum absolute atomic E-state index is 13.0. The molecule has 2 aromatic carbocycles. The van der Waals surface area contributed by atoms with Crippen LogP contribution >= 0.6 is 0 Å². The van der Waals surface area contributed by atoms with Crippen LogP contribution in [0.1, 0.15) is 82.9 Å². The average Bonchev–Trinajstić information content (AvgIpc) is 3.59. The summed E-state index contributed by atoms with van der Waals surface area (Å²) in [6.45, 7) is 13.2. The van der Waals surface area contributed by atoms with Gasteiger partial charge in [0.2, 0.25) is 5.91 Å². The number of hydrogen-bond acceptors (Lipinski definition) is 10. The van der Waals surface area contributed by atoms with Crippen LogP contribution in [0.2, 0.25) is 0 Å². The van der Waals surface area contributed by atoms with Crippen LogP contribution in [0.4, 0.5) is 17.2 Å². The van der Waals surface area contributed by atoms with Crippen molar-refractivity contribution < 1.29 is 23.7 Å². The minimum atomic E-state index is -0.146. The normalized spacial score (nSPS) is 24.4. The van der Waals surface area contributed by atoms with Crippen LogP contribution in [-0.4, -0.2) is 70.9 Å². The molecule has 4 fully saturated rings. The molecule has 0 spiro atoms. The first-order valence-corrected chi connectivity index (χ1v) is 20.2. The molecular weight excluding hydrogens is 707 g/mol. The first-order valence-electron chi connectivity index (χ1n) is 20.2. The largest absolute Gasteiger partial charge is 0.497 e. The SMILES string of the molecule is C=C1O[C@@H]2[C@@H](CN(CC3CC3)C3CC(CCC(=O)Nc4ccc(C(C)(C)C)cc4N)C3)C[C@@H](n3ccc4c(NCc5ccc(OC)cc5OC)ncnc43)[C@@H]2O1. The standard InChI is InChI=1S/C44H57N7O5/c1-26-55-40-30(24-50(23-27-7-8-27)32-17-28(18-32)9-14-39(52)49-36-13-11-31(20-35(36)45)44(2,3)4)19-37(41(40)56-26)51-16-15-34-42(47-25-48-43(34)51)46-22-29-10-12-33(53-5)21-38(29)54-6/h10-13,15-16,20-21,25,27-28,30,32,37,40-41H,1,7-9,14,17-19,22-24,45H2,2-6H3,(H,49,52)(H,46,47,48)/t28?,30-,32?,37-,40-,41+/m1/s1. The third kappa shape index (κ3) is 7.98. The summed E-state index contributed by atoms with van der Waals surface area (Å²) in [6, 6.07) is 14.4. The van der Waals surface area contributed by atoms with Crippen LogP contribution in [0.5, 0.6) is 11.5 Å². The summed E-state index contributed by atoms with van der Waals surface area (Å²) in [5.41, 5.74) is 10.6. The van der Waals surface area contributed by atoms with E-state index in [-0.39, 0.29) is 35.5 Å². The molecule has 0 radical (unpaired) electrons. The summed E-state index contributed by atoms with van der Waals surface area (Å²) in [7, 11) is 3.31. The molecule has 0 unspecified atom stereocenters. The Labute approximate surface area is 330 Å². The van der Waals surface area contributed by atoms with Gasteiger partial charge < -0.3 is 39.9 Å². The lowest BCUT2D eigenvalue weighted by Crippen LogP contribution is -2.48. The fourth-order valence-electron chi connectivity index (χ4n) is 8.94. The van der Waals surface area contributed by atoms with Gasteiger partial charge in [-0.2, -0.15) is 0 Å². The van der Waals surface area contributed by atoms with E-state index in [1.807, 2.05) is 30.3 Å². The number of rotatable bonds is 15. The van der Waals surface area contributed by atoms with Crippen molar-refractivity contribution in [3.05, 3.63) is 78.6 Å². The maximum atomic E-state index is 13.0. The van der Waals surface area contributed by atoms with Crippen LogP contribution in [0, 0.1) is 17.8 Å². The van der Waals surface area contributed by atoms with Crippen LogP contribution in [-0.2, 0) is 26.2 Å². The number of fused-ring (bicyclic) bond motifs is 2. The Kier molecular flexibility index (Phi) is 10.5. The highest BCUT2D eigenvalue weighted by atomic mass is 16.7. The van der Waals surface area contributed by atoms with Gasteiger partial charge in [0.15, 0.2) is 6.10 Å². The summed E-state index contributed by atoms with van der Waals surface area (Å²) < 4.78 is 25.9. The molecule has 8 rings (SSSR count). The summed E-state index contributed by atoms with van der Waals surface area (Å²) in [5.74, 6) is 4.29. The van der Waals surface area contributed by atoms with Gasteiger partial charge >= 0.3 is 0 Å². The number of nitrogens with two attached hydrogens (primary N) is 1. The lowest BCUT2D eigenvalue weighted by atomic mass is 9.76. The van der Waals surface area contributed by atoms with E-state index in [0.717, 1.165) is 84.2 Å². The monoisotopic (exact) mass is 763 g/mol. The van der Waals surface area contributed by atoms with Crippen molar-refractivity contribution in [2.45, 2.75) is 102 Å². The zero-order chi connectivity index (χ0) is 39.1. The molecule has 4 aliphatic rings. The number of carbonyl (C=O) groups is 1. The van der Waals surface area contributed by atoms with Crippen molar-refractivity contribution in [2.75, 3.05) is 43.7 Å². The number of carbonyl (C=O) groups excluding carboxylic acids is 1. The third-order valence-electron chi connectivity index (χ3n) is 12.4. The van der Waals surface area contributed by atoms with E-state index in [0.29, 0.717) is 42.2 Å². The fraction of sp³-hybridized carbons (Fsp3) is 0.523. The molecule has 4 aromatic rings. The fourth-order valence-corrected chi connectivity index (χ4v) is 8.94. The van der Waals surface area contributed by atoms with Crippen LogP contribution in [0.25, 0.3) is 11.0 Å². The molecule has 3 heterocycles. The number of nitrogen functional groups attached to an aromatic ring is 1. The Hall–Kier alpha value is -4.97. The van der Waals surface area contributed by atoms with Crippen molar-refractivity contribution >= 4 is 34.1 Å². The van der Waals surface area contributed by atoms with Crippen molar-refractivity contribution in [1.29, 1.82) is 0 Å². The second kappa shape index (κ2) is 15.5. The van der Waals surface area contributed by atoms with Gasteiger partial charge in [0.1, 0.15) is 35.4 Å². The van der Waals surface area contributed by atoms with Gasteiger partial charge in [-0.15, -0.1) is 0 Å². The number of anilines is 3. The maximum Gasteiger partial charge on any atom is 0.272 e. The molecule has 4 atom stereocenters. The Morgan fingerprint density at radius 1 is 1.00 bits per heavy atom. The molecule has 3 saturated carbocycles. The second-order valence-electron chi connectivity index (χ2n) is 17.3. The van der Waals surface area contributed by atoms with Crippen molar-refractivity contribution in [3.63, 3.8) is 0 Å². The molecule has 56 heavy (non-hydrogen) atoms. The van der Waals surface area contributed by atoms with Crippen LogP contribution < -0.4 is 25.8 Å². The van der Waals surface area contributed by atoms with Gasteiger partial charge in [0.25, 0.3) is 5.95 Å². The Balaban J connectivity index is 0.899. The third-order valence-corrected chi connectivity index (χ3v) is 12.4. The van der Waals surface area contributed by atoms with E-state index in [1.165, 1.54) is 12.8 Å². The zero-order valence-electron chi connectivity index (χ0n) is 33.4. The lowest BCUT2D eigenvalue weighted by molar-refractivity contribution is -0.116. The lowest BCUT2D eigenvalue weighted by Gasteiger charge is -2.44. The molecular formula is C44H57N7O5. The first-order chi connectivity index (χ1) is 27.0. The Bertz CT molecular complexity index is 2070. The van der Waals surface area contributed by atoms with E-state index in [4.69, 9.17) is 29.7 Å². The summed E-state index contributed by atoms with van der Waals surface area (Å²) in [5, 5.41) is 7.51. The predicted octanol–water partition coefficient (Wildman–Crippen LogP) is 7.67. The average molecular weight is 764 g/mol. The Morgan fingerprint density at radius 3 is 2.54 bits per heavy atom. The zero-order valence-corrected chi connectivity index (χ0v) is 33.4. The van der Waals surface area contributed by atoms with Crippen LogP contribution in [0.3, 0.4) is 0 Å². The number of nitrogens with one attached hydrogen (secondary N) is 2. The molecule has 1 aliphatic heterocycles. The molecule has 1 amide bonds. The molecule has 298 valence electrons. The highest BCUT2D eigenvalue weighted by Crippen LogP contribution is 2.48. The van der Waals surface area contributed by atoms with Gasteiger partial charge in [-0.3, -0.25) is 9.69 Å². The summed E-state index contributed by atoms with van der Waals surface area (Å²) in [4.78, 5) is 25.1. The number of methoxy groups -OCH3 is 2. The van der Waals surface area contributed by atoms with Crippen molar-refractivity contribution in [2.24, 2.45) is 17.8 Å². The van der Waals surface area contributed by atoms with Crippen molar-refractivity contribution in [1.82, 2.24) is 19.4 Å². The smallest absolute Gasteiger partial charge is 0.272 e. The number of amides is 1. The van der Waals surface area contributed by atoms with Crippen molar-refractivity contribution in [3.8, 4) is 11.5 Å². The van der Waals surface area contributed by atoms with Gasteiger partial charge in [-0.05, 0) is 98.2 Å². The van der Waals surface area contributed by atoms with E-state index in [9.17, 15) is 4.79 Å². The highest BCUT2D eigenvalue weighted by molar-refractivity contribution is 5.94. The van der Waals surface area contributed by atoms with Gasteiger partial charge in [0, 0.05) is 55.8 Å². The number of nitrogens with zero attached hydrogens (tertiary/aromatic N) is 4. The predicted molar refractivity (Wildman–Crippen MR) is 219 cm³/mol. The molecule has 12 nitrogen and oxygen atoms in total. The highest BCUT2D eigenvalue weighted by Gasteiger charge is 2.53. The number of aromatic nitrogens is 3. The van der Waals surface area contributed by atoms with Gasteiger partial charge in [-0.1, -0.05) is 26.8 Å². The number of ether oxygens (including phenoxy) is 4. The molecule has 1 saturated heterocycles. The first kappa shape index (κ1) is 37.9. The Morgan fingerprint density at radius 2 is 1.80 bits per heavy atom. The quantitative estimate of drug-likeness (QED) is 0.104. The van der Waals surface area contributed by atoms with E-state index < -0.39 is 0 Å². The second-order valence-corrected chi connectivity index (χ2v) is 17.3. The van der Waals surface area contributed by atoms with E-state index in [2.05, 4.69) is 70.8 Å². The molecule has 4 N–H and O–H groups in total. The van der Waals surface area contributed by atoms with Gasteiger partial charge in [-0.25, -0.2) is 9.97 Å². The summed E-state index contributed by atoms with van der Waals surface area (Å²) >= 11 is 0. The minimum Gasteiger partial charge on any atom is -0.497 e. The summed E-state index contributed by atoms with van der Waals surface area (Å²) in [6.07, 6.45) is 10.7. The molecule has 12 heteroatoms. The number of hydrogen-bond donors (Lipinski definition) is 3. The molecule has 0 bridgehead atoms. The van der Waals surface area contributed by atoms with Gasteiger partial charge in [0.05, 0.1) is 37.0 Å². The molecule has 3 aliphatic carbocycles. The molecule has 2 aromatic heterocycles. The van der Waals surface area contributed by atoms with E-state index >= 15 is 0 Å². The van der Waals surface area contributed by atoms with E-state index in [1.54, 1.807) is 20.5 Å². The minimum absolute atomic E-state index is 0.00340.